The molecule has 0 atom stereocenters. The van der Waals surface area contributed by atoms with Crippen molar-refractivity contribution in [3.05, 3.63) is 29.8 Å². The Balaban J connectivity index is 0.00000242. The molecule has 0 heterocycles. The van der Waals surface area contributed by atoms with Crippen molar-refractivity contribution >= 4 is 34.0 Å². The summed E-state index contributed by atoms with van der Waals surface area (Å²) in [4.78, 5) is 11.8. The monoisotopic (exact) mass is 347 g/mol. The lowest BCUT2D eigenvalue weighted by molar-refractivity contribution is 0.0956. The van der Waals surface area contributed by atoms with Crippen LogP contribution in [0.2, 0.25) is 0 Å². The number of amides is 1. The Labute approximate surface area is 137 Å². The Morgan fingerprint density at radius 2 is 2.05 bits per heavy atom. The largest absolute Gasteiger partial charge is 0.399 e. The van der Waals surface area contributed by atoms with E-state index in [4.69, 9.17) is 5.73 Å². The van der Waals surface area contributed by atoms with Crippen molar-refractivity contribution in [1.29, 1.82) is 0 Å². The standard InChI is InChI=1S/C14H21N3O3S.ClH/c15-13-6-2-5-12(9-13)14(18)16-7-8-21(19,20)17-10-11-3-1-4-11;/h2,5-6,9,11,17H,1,3-4,7-8,10,15H2,(H,16,18);1H. The average Bonchev–Trinajstić information content (AvgIpc) is 2.36. The molecule has 124 valence electrons. The van der Waals surface area contributed by atoms with Gasteiger partial charge in [-0.15, -0.1) is 12.4 Å². The van der Waals surface area contributed by atoms with Gasteiger partial charge in [-0.3, -0.25) is 4.79 Å². The van der Waals surface area contributed by atoms with Crippen LogP contribution in [0.1, 0.15) is 29.6 Å². The summed E-state index contributed by atoms with van der Waals surface area (Å²) in [5.74, 6) is 0.0338. The fourth-order valence-electron chi connectivity index (χ4n) is 2.09. The Morgan fingerprint density at radius 1 is 1.32 bits per heavy atom. The molecule has 0 saturated heterocycles. The summed E-state index contributed by atoms with van der Waals surface area (Å²) >= 11 is 0. The van der Waals surface area contributed by atoms with E-state index in [0.29, 0.717) is 23.7 Å². The van der Waals surface area contributed by atoms with Crippen LogP contribution in [0.15, 0.2) is 24.3 Å². The second kappa shape index (κ2) is 8.36. The first-order valence-electron chi connectivity index (χ1n) is 7.07. The summed E-state index contributed by atoms with van der Waals surface area (Å²) in [5.41, 5.74) is 6.52. The van der Waals surface area contributed by atoms with E-state index in [1.54, 1.807) is 24.3 Å². The van der Waals surface area contributed by atoms with Crippen molar-refractivity contribution in [2.75, 3.05) is 24.6 Å². The summed E-state index contributed by atoms with van der Waals surface area (Å²) in [6.07, 6.45) is 3.37. The van der Waals surface area contributed by atoms with Crippen LogP contribution in [0.5, 0.6) is 0 Å². The number of anilines is 1. The molecular weight excluding hydrogens is 326 g/mol. The zero-order valence-corrected chi connectivity index (χ0v) is 13.9. The SMILES string of the molecule is Cl.Nc1cccc(C(=O)NCCS(=O)(=O)NCC2CCC2)c1. The summed E-state index contributed by atoms with van der Waals surface area (Å²) in [5, 5.41) is 2.58. The van der Waals surface area contributed by atoms with Crippen LogP contribution in [-0.4, -0.2) is 33.2 Å². The van der Waals surface area contributed by atoms with Gasteiger partial charge in [-0.05, 0) is 37.0 Å². The first-order chi connectivity index (χ1) is 9.96. The zero-order chi connectivity index (χ0) is 15.3. The first-order valence-corrected chi connectivity index (χ1v) is 8.72. The molecule has 1 aliphatic rings. The van der Waals surface area contributed by atoms with Crippen LogP contribution in [0.25, 0.3) is 0 Å². The molecule has 4 N–H and O–H groups in total. The van der Waals surface area contributed by atoms with Gasteiger partial charge in [-0.1, -0.05) is 12.5 Å². The normalized spacial score (nSPS) is 14.7. The summed E-state index contributed by atoms with van der Waals surface area (Å²) in [6, 6.07) is 6.56. The maximum absolute atomic E-state index is 11.8. The number of carbonyl (C=O) groups excluding carboxylic acids is 1. The van der Waals surface area contributed by atoms with Gasteiger partial charge in [0.25, 0.3) is 5.91 Å². The Kier molecular flexibility index (Phi) is 7.12. The Bertz CT molecular complexity index is 603. The van der Waals surface area contributed by atoms with Crippen molar-refractivity contribution in [1.82, 2.24) is 10.0 Å². The number of carbonyl (C=O) groups is 1. The van der Waals surface area contributed by atoms with Gasteiger partial charge in [-0.25, -0.2) is 13.1 Å². The van der Waals surface area contributed by atoms with Crippen molar-refractivity contribution in [3.63, 3.8) is 0 Å². The molecule has 1 aromatic carbocycles. The summed E-state index contributed by atoms with van der Waals surface area (Å²) < 4.78 is 26.1. The number of nitrogen functional groups attached to an aromatic ring is 1. The number of hydrogen-bond acceptors (Lipinski definition) is 4. The van der Waals surface area contributed by atoms with Crippen LogP contribution in [0.4, 0.5) is 5.69 Å². The van der Waals surface area contributed by atoms with Crippen LogP contribution in [0, 0.1) is 5.92 Å². The lowest BCUT2D eigenvalue weighted by Crippen LogP contribution is -2.37. The quantitative estimate of drug-likeness (QED) is 0.644. The van der Waals surface area contributed by atoms with Crippen LogP contribution < -0.4 is 15.8 Å². The van der Waals surface area contributed by atoms with Gasteiger partial charge in [0.1, 0.15) is 0 Å². The molecule has 2 rings (SSSR count). The number of sulfonamides is 1. The predicted molar refractivity (Wildman–Crippen MR) is 89.6 cm³/mol. The van der Waals surface area contributed by atoms with Gasteiger partial charge in [0.2, 0.25) is 10.0 Å². The summed E-state index contributed by atoms with van der Waals surface area (Å²) in [7, 11) is -3.33. The molecule has 0 spiro atoms. The molecule has 0 radical (unpaired) electrons. The number of halogens is 1. The maximum Gasteiger partial charge on any atom is 0.251 e. The second-order valence-corrected chi connectivity index (χ2v) is 7.27. The summed E-state index contributed by atoms with van der Waals surface area (Å²) in [6.45, 7) is 0.582. The predicted octanol–water partition coefficient (Wildman–Crippen LogP) is 1.14. The topological polar surface area (TPSA) is 101 Å². The zero-order valence-electron chi connectivity index (χ0n) is 12.2. The van der Waals surface area contributed by atoms with Crippen LogP contribution in [0.3, 0.4) is 0 Å². The molecule has 0 aliphatic heterocycles. The number of nitrogens with two attached hydrogens (primary N) is 1. The Hall–Kier alpha value is -1.31. The molecule has 0 unspecified atom stereocenters. The number of nitrogens with one attached hydrogen (secondary N) is 2. The molecule has 0 bridgehead atoms. The van der Waals surface area contributed by atoms with Crippen molar-refractivity contribution in [3.8, 4) is 0 Å². The number of rotatable bonds is 7. The van der Waals surface area contributed by atoms with Crippen molar-refractivity contribution in [2.45, 2.75) is 19.3 Å². The molecule has 1 amide bonds. The highest BCUT2D eigenvalue weighted by atomic mass is 35.5. The van der Waals surface area contributed by atoms with Gasteiger partial charge in [0, 0.05) is 24.3 Å². The van der Waals surface area contributed by atoms with Gasteiger partial charge in [0.05, 0.1) is 5.75 Å². The van der Waals surface area contributed by atoms with E-state index in [2.05, 4.69) is 10.0 Å². The van der Waals surface area contributed by atoms with Crippen molar-refractivity contribution < 1.29 is 13.2 Å². The molecule has 6 nitrogen and oxygen atoms in total. The van der Waals surface area contributed by atoms with E-state index in [-0.39, 0.29) is 30.6 Å². The van der Waals surface area contributed by atoms with Gasteiger partial charge >= 0.3 is 0 Å². The third-order valence-electron chi connectivity index (χ3n) is 3.62. The first kappa shape index (κ1) is 18.7. The molecule has 1 aromatic rings. The average molecular weight is 348 g/mol. The Morgan fingerprint density at radius 3 is 2.64 bits per heavy atom. The maximum atomic E-state index is 11.8. The highest BCUT2D eigenvalue weighted by Crippen LogP contribution is 2.25. The molecule has 1 saturated carbocycles. The molecule has 8 heteroatoms. The fourth-order valence-corrected chi connectivity index (χ4v) is 3.10. The van der Waals surface area contributed by atoms with Crippen molar-refractivity contribution in [2.24, 2.45) is 5.92 Å². The van der Waals surface area contributed by atoms with E-state index in [1.807, 2.05) is 0 Å². The minimum atomic E-state index is -3.33. The molecular formula is C14H22ClN3O3S. The van der Waals surface area contributed by atoms with Gasteiger partial charge in [0.15, 0.2) is 0 Å². The highest BCUT2D eigenvalue weighted by Gasteiger charge is 2.20. The minimum absolute atomic E-state index is 0. The van der Waals surface area contributed by atoms with Gasteiger partial charge in [-0.2, -0.15) is 0 Å². The fraction of sp³-hybridized carbons (Fsp3) is 0.500. The molecule has 22 heavy (non-hydrogen) atoms. The highest BCUT2D eigenvalue weighted by molar-refractivity contribution is 7.89. The number of benzene rings is 1. The third-order valence-corrected chi connectivity index (χ3v) is 4.97. The third kappa shape index (κ3) is 5.82. The molecule has 1 fully saturated rings. The smallest absolute Gasteiger partial charge is 0.251 e. The lowest BCUT2D eigenvalue weighted by atomic mass is 9.86. The van der Waals surface area contributed by atoms with Gasteiger partial charge < -0.3 is 11.1 Å². The number of hydrogen-bond donors (Lipinski definition) is 3. The minimum Gasteiger partial charge on any atom is -0.399 e. The second-order valence-electron chi connectivity index (χ2n) is 5.35. The molecule has 0 aromatic heterocycles. The van der Waals surface area contributed by atoms with Crippen LogP contribution in [-0.2, 0) is 10.0 Å². The lowest BCUT2D eigenvalue weighted by Gasteiger charge is -2.25. The van der Waals surface area contributed by atoms with E-state index in [0.717, 1.165) is 12.8 Å². The van der Waals surface area contributed by atoms with E-state index in [9.17, 15) is 13.2 Å². The molecule has 1 aliphatic carbocycles. The van der Waals surface area contributed by atoms with E-state index in [1.165, 1.54) is 6.42 Å². The van der Waals surface area contributed by atoms with Crippen LogP contribution >= 0.6 is 12.4 Å². The van der Waals surface area contributed by atoms with E-state index < -0.39 is 10.0 Å². The van der Waals surface area contributed by atoms with E-state index >= 15 is 0 Å².